The highest BCUT2D eigenvalue weighted by molar-refractivity contribution is 6.47. The summed E-state index contributed by atoms with van der Waals surface area (Å²) < 4.78 is 12.2. The molecule has 0 aromatic heterocycles. The summed E-state index contributed by atoms with van der Waals surface area (Å²) in [4.78, 5) is 0. The molecule has 18 heavy (non-hydrogen) atoms. The molecular weight excluding hydrogens is 225 g/mol. The molecule has 0 amide bonds. The Labute approximate surface area is 111 Å². The van der Waals surface area contributed by atoms with Crippen molar-refractivity contribution in [3.8, 4) is 0 Å². The zero-order valence-corrected chi connectivity index (χ0v) is 12.1. The Morgan fingerprint density at radius 1 is 1.28 bits per heavy atom. The fourth-order valence-electron chi connectivity index (χ4n) is 4.22. The normalized spacial score (nSPS) is 42.7. The van der Waals surface area contributed by atoms with Crippen LogP contribution in [-0.2, 0) is 9.31 Å². The van der Waals surface area contributed by atoms with Gasteiger partial charge >= 0.3 is 7.12 Å². The Morgan fingerprint density at radius 3 is 2.61 bits per heavy atom. The summed E-state index contributed by atoms with van der Waals surface area (Å²) in [5, 5.41) is 0. The average molecular weight is 251 g/mol. The van der Waals surface area contributed by atoms with Crippen molar-refractivity contribution >= 4 is 7.12 Å². The molecule has 2 N–H and O–H groups in total. The Morgan fingerprint density at radius 2 is 2.00 bits per heavy atom. The molecule has 4 fully saturated rings. The van der Waals surface area contributed by atoms with Crippen LogP contribution >= 0.6 is 0 Å². The van der Waals surface area contributed by atoms with Crippen LogP contribution < -0.4 is 5.73 Å². The zero-order valence-electron chi connectivity index (χ0n) is 12.1. The molecule has 0 radical (unpaired) electrons. The Balaban J connectivity index is 1.65. The van der Waals surface area contributed by atoms with Crippen LogP contribution in [0, 0.1) is 23.2 Å². The molecule has 1 heterocycles. The summed E-state index contributed by atoms with van der Waals surface area (Å²) in [7, 11) is -0.169. The van der Waals surface area contributed by atoms with E-state index in [0.29, 0.717) is 29.5 Å². The maximum Gasteiger partial charge on any atom is 0.475 e. The maximum atomic E-state index is 6.21. The van der Waals surface area contributed by atoms with Crippen molar-refractivity contribution in [2.45, 2.75) is 65.1 Å². The van der Waals surface area contributed by atoms with Gasteiger partial charge in [0.2, 0.25) is 0 Å². The molecule has 4 aliphatic rings. The molecular formula is C14H26BNO2. The van der Waals surface area contributed by atoms with Gasteiger partial charge in [0.1, 0.15) is 0 Å². The van der Waals surface area contributed by atoms with Gasteiger partial charge in [0.25, 0.3) is 0 Å². The first-order valence-corrected chi connectivity index (χ1v) is 7.46. The number of nitrogens with two attached hydrogens (primary N) is 1. The summed E-state index contributed by atoms with van der Waals surface area (Å²) >= 11 is 0. The van der Waals surface area contributed by atoms with Gasteiger partial charge in [0.05, 0.1) is 12.2 Å². The molecule has 1 saturated heterocycles. The molecule has 4 heteroatoms. The predicted molar refractivity (Wildman–Crippen MR) is 72.9 cm³/mol. The number of hydrogen-bond donors (Lipinski definition) is 1. The zero-order chi connectivity index (χ0) is 13.1. The molecule has 4 rings (SSSR count). The smallest absolute Gasteiger partial charge is 0.405 e. The lowest BCUT2D eigenvalue weighted by Gasteiger charge is -2.60. The highest BCUT2D eigenvalue weighted by Crippen LogP contribution is 2.61. The quantitative estimate of drug-likeness (QED) is 0.782. The maximum absolute atomic E-state index is 6.21. The van der Waals surface area contributed by atoms with Crippen LogP contribution in [-0.4, -0.2) is 25.3 Å². The van der Waals surface area contributed by atoms with E-state index >= 15 is 0 Å². The first-order valence-electron chi connectivity index (χ1n) is 7.46. The van der Waals surface area contributed by atoms with E-state index < -0.39 is 0 Å². The first kappa shape index (κ1) is 13.0. The molecule has 3 saturated carbocycles. The fourth-order valence-corrected chi connectivity index (χ4v) is 4.22. The van der Waals surface area contributed by atoms with Gasteiger partial charge in [0.15, 0.2) is 0 Å². The molecule has 2 bridgehead atoms. The highest BCUT2D eigenvalue weighted by atomic mass is 16.7. The molecule has 0 aromatic rings. The summed E-state index contributed by atoms with van der Waals surface area (Å²) in [6, 6.07) is 0. The van der Waals surface area contributed by atoms with Gasteiger partial charge in [-0.1, -0.05) is 27.7 Å². The topological polar surface area (TPSA) is 44.5 Å². The summed E-state index contributed by atoms with van der Waals surface area (Å²) in [6.07, 6.45) is 4.07. The highest BCUT2D eigenvalue weighted by Gasteiger charge is 2.62. The first-order chi connectivity index (χ1) is 8.39. The van der Waals surface area contributed by atoms with Crippen LogP contribution in [0.15, 0.2) is 0 Å². The molecule has 5 atom stereocenters. The largest absolute Gasteiger partial charge is 0.475 e. The van der Waals surface area contributed by atoms with Gasteiger partial charge in [-0.05, 0) is 42.4 Å². The van der Waals surface area contributed by atoms with E-state index in [2.05, 4.69) is 27.7 Å². The van der Waals surface area contributed by atoms with Crippen LogP contribution in [0.3, 0.4) is 0 Å². The van der Waals surface area contributed by atoms with Crippen molar-refractivity contribution in [3.05, 3.63) is 0 Å². The van der Waals surface area contributed by atoms with Gasteiger partial charge in [-0.2, -0.15) is 0 Å². The third-order valence-electron chi connectivity index (χ3n) is 5.52. The van der Waals surface area contributed by atoms with Crippen molar-refractivity contribution in [3.63, 3.8) is 0 Å². The van der Waals surface area contributed by atoms with Crippen molar-refractivity contribution in [1.29, 1.82) is 0 Å². The standard InChI is InChI=1S/C14H26BNO2/c1-8(2)5-12(16)15-17-11-7-9-6-10(13(11)18-15)14(9,3)4/h8-13H,5-7,16H2,1-4H3/t9-,10+,11+,12-,13-/m0/s1. The Bertz CT molecular complexity index is 334. The van der Waals surface area contributed by atoms with E-state index in [0.717, 1.165) is 12.3 Å². The second-order valence-electron chi connectivity index (χ2n) is 7.53. The second kappa shape index (κ2) is 4.22. The van der Waals surface area contributed by atoms with Crippen molar-refractivity contribution < 1.29 is 9.31 Å². The average Bonchev–Trinajstić information content (AvgIpc) is 2.70. The van der Waals surface area contributed by atoms with E-state index in [1.54, 1.807) is 0 Å². The van der Waals surface area contributed by atoms with Gasteiger partial charge < -0.3 is 15.0 Å². The SMILES string of the molecule is CC(C)C[C@H](N)B1O[C@H]2[C@H]3C[C@@H](C[C@H]2O1)C3(C)C. The van der Waals surface area contributed by atoms with Crippen LogP contribution in [0.2, 0.25) is 0 Å². The van der Waals surface area contributed by atoms with E-state index in [4.69, 9.17) is 15.0 Å². The van der Waals surface area contributed by atoms with E-state index in [-0.39, 0.29) is 13.1 Å². The van der Waals surface area contributed by atoms with Gasteiger partial charge in [0, 0.05) is 5.94 Å². The minimum absolute atomic E-state index is 0.0240. The van der Waals surface area contributed by atoms with Gasteiger partial charge in [-0.15, -0.1) is 0 Å². The predicted octanol–water partition coefficient (Wildman–Crippen LogP) is 2.24. The lowest BCUT2D eigenvalue weighted by molar-refractivity contribution is -0.150. The van der Waals surface area contributed by atoms with Crippen LogP contribution in [0.4, 0.5) is 0 Å². The van der Waals surface area contributed by atoms with Gasteiger partial charge in [-0.25, -0.2) is 0 Å². The Kier molecular flexibility index (Phi) is 3.04. The third-order valence-corrected chi connectivity index (χ3v) is 5.52. The molecule has 0 unspecified atom stereocenters. The lowest BCUT2D eigenvalue weighted by Crippen LogP contribution is -2.59. The van der Waals surface area contributed by atoms with Crippen molar-refractivity contribution in [1.82, 2.24) is 0 Å². The molecule has 0 aromatic carbocycles. The lowest BCUT2D eigenvalue weighted by atomic mass is 9.47. The third kappa shape index (κ3) is 1.84. The van der Waals surface area contributed by atoms with Crippen LogP contribution in [0.1, 0.15) is 47.0 Å². The monoisotopic (exact) mass is 251 g/mol. The molecule has 102 valence electrons. The molecule has 0 spiro atoms. The molecule has 1 aliphatic heterocycles. The van der Waals surface area contributed by atoms with E-state index in [9.17, 15) is 0 Å². The minimum atomic E-state index is -0.169. The van der Waals surface area contributed by atoms with Crippen LogP contribution in [0.25, 0.3) is 0 Å². The molecule has 3 aliphatic carbocycles. The second-order valence-corrected chi connectivity index (χ2v) is 7.53. The number of hydrogen-bond acceptors (Lipinski definition) is 3. The Hall–Kier alpha value is -0.0551. The van der Waals surface area contributed by atoms with Crippen LogP contribution in [0.5, 0.6) is 0 Å². The van der Waals surface area contributed by atoms with Crippen molar-refractivity contribution in [2.75, 3.05) is 0 Å². The summed E-state index contributed by atoms with van der Waals surface area (Å²) in [5.74, 6) is 2.13. The summed E-state index contributed by atoms with van der Waals surface area (Å²) in [5.41, 5.74) is 6.66. The van der Waals surface area contributed by atoms with E-state index in [1.807, 2.05) is 0 Å². The fraction of sp³-hybridized carbons (Fsp3) is 1.00. The summed E-state index contributed by atoms with van der Waals surface area (Å²) in [6.45, 7) is 9.16. The molecule has 3 nitrogen and oxygen atoms in total. The van der Waals surface area contributed by atoms with E-state index in [1.165, 1.54) is 12.8 Å². The number of rotatable bonds is 3. The minimum Gasteiger partial charge on any atom is -0.405 e. The van der Waals surface area contributed by atoms with Gasteiger partial charge in [-0.3, -0.25) is 0 Å². The van der Waals surface area contributed by atoms with Crippen molar-refractivity contribution in [2.24, 2.45) is 28.9 Å².